The van der Waals surface area contributed by atoms with E-state index >= 15 is 0 Å². The van der Waals surface area contributed by atoms with Crippen molar-refractivity contribution in [2.45, 2.75) is 32.8 Å². The van der Waals surface area contributed by atoms with E-state index in [1.165, 1.54) is 25.3 Å². The van der Waals surface area contributed by atoms with Crippen molar-refractivity contribution in [2.75, 3.05) is 12.4 Å². The minimum atomic E-state index is -0.720. The zero-order chi connectivity index (χ0) is 16.9. The van der Waals surface area contributed by atoms with Crippen molar-refractivity contribution in [2.24, 2.45) is 0 Å². The normalized spacial score (nSPS) is 10.7. The summed E-state index contributed by atoms with van der Waals surface area (Å²) in [7, 11) is 1.20. The summed E-state index contributed by atoms with van der Waals surface area (Å²) in [5.74, 6) is -0.587. The first kappa shape index (κ1) is 17.4. The lowest BCUT2D eigenvalue weighted by molar-refractivity contribution is -0.385. The first-order valence-corrected chi connectivity index (χ1v) is 6.46. The number of hydrogen-bond donors (Lipinski definition) is 1. The van der Waals surface area contributed by atoms with Crippen LogP contribution in [-0.2, 0) is 20.7 Å². The van der Waals surface area contributed by atoms with Crippen molar-refractivity contribution in [3.8, 4) is 0 Å². The van der Waals surface area contributed by atoms with E-state index in [1.807, 2.05) is 0 Å². The molecule has 0 unspecified atom stereocenters. The van der Waals surface area contributed by atoms with Crippen molar-refractivity contribution in [1.29, 1.82) is 0 Å². The van der Waals surface area contributed by atoms with Crippen molar-refractivity contribution in [3.05, 3.63) is 33.9 Å². The number of nitrogens with one attached hydrogen (secondary N) is 1. The lowest BCUT2D eigenvalue weighted by atomic mass is 10.1. The number of amides is 1. The number of methoxy groups -OCH3 is 1. The molecule has 120 valence electrons. The number of carbonyl (C=O) groups is 2. The number of rotatable bonds is 4. The highest BCUT2D eigenvalue weighted by atomic mass is 16.6. The van der Waals surface area contributed by atoms with Gasteiger partial charge in [-0.05, 0) is 32.9 Å². The Hall–Kier alpha value is -2.64. The average Bonchev–Trinajstić information content (AvgIpc) is 2.37. The van der Waals surface area contributed by atoms with Crippen LogP contribution in [0.2, 0.25) is 0 Å². The number of nitrogens with zero attached hydrogens (tertiary/aromatic N) is 1. The molecule has 1 N–H and O–H groups in total. The molecule has 0 aromatic heterocycles. The van der Waals surface area contributed by atoms with Gasteiger partial charge in [0, 0.05) is 11.6 Å². The molecule has 0 saturated carbocycles. The van der Waals surface area contributed by atoms with E-state index in [1.54, 1.807) is 20.8 Å². The number of carbonyl (C=O) groups excluding carboxylic acids is 2. The predicted octanol–water partition coefficient (Wildman–Crippen LogP) is 2.66. The minimum Gasteiger partial charge on any atom is -0.469 e. The Morgan fingerprint density at radius 3 is 2.45 bits per heavy atom. The van der Waals surface area contributed by atoms with Crippen molar-refractivity contribution in [1.82, 2.24) is 0 Å². The molecule has 0 saturated heterocycles. The maximum atomic E-state index is 11.6. The smallest absolute Gasteiger partial charge is 0.412 e. The largest absolute Gasteiger partial charge is 0.469 e. The van der Waals surface area contributed by atoms with Crippen LogP contribution in [0, 0.1) is 10.1 Å². The molecule has 8 nitrogen and oxygen atoms in total. The van der Waals surface area contributed by atoms with E-state index in [0.29, 0.717) is 0 Å². The fourth-order valence-electron chi connectivity index (χ4n) is 1.61. The van der Waals surface area contributed by atoms with Gasteiger partial charge in [0.15, 0.2) is 0 Å². The lowest BCUT2D eigenvalue weighted by Crippen LogP contribution is -2.27. The van der Waals surface area contributed by atoms with E-state index in [4.69, 9.17) is 4.74 Å². The first-order valence-electron chi connectivity index (χ1n) is 6.46. The number of nitro groups is 1. The molecule has 1 amide bonds. The van der Waals surface area contributed by atoms with Crippen molar-refractivity contribution < 1.29 is 24.0 Å². The van der Waals surface area contributed by atoms with E-state index < -0.39 is 22.6 Å². The molecule has 1 aromatic carbocycles. The Labute approximate surface area is 127 Å². The highest BCUT2D eigenvalue weighted by Gasteiger charge is 2.20. The van der Waals surface area contributed by atoms with Gasteiger partial charge in [-0.15, -0.1) is 0 Å². The molecule has 0 aliphatic carbocycles. The van der Waals surface area contributed by atoms with Crippen LogP contribution in [0.1, 0.15) is 26.3 Å². The second kappa shape index (κ2) is 6.88. The van der Waals surface area contributed by atoms with E-state index in [2.05, 4.69) is 10.1 Å². The Morgan fingerprint density at radius 2 is 1.95 bits per heavy atom. The van der Waals surface area contributed by atoms with Crippen LogP contribution < -0.4 is 5.32 Å². The topological polar surface area (TPSA) is 108 Å². The lowest BCUT2D eigenvalue weighted by Gasteiger charge is -2.19. The fraction of sp³-hybridized carbons (Fsp3) is 0.429. The summed E-state index contributed by atoms with van der Waals surface area (Å²) in [5, 5.41) is 13.5. The number of ether oxygens (including phenoxy) is 2. The monoisotopic (exact) mass is 310 g/mol. The quantitative estimate of drug-likeness (QED) is 0.520. The summed E-state index contributed by atoms with van der Waals surface area (Å²) in [6, 6.07) is 4.01. The van der Waals surface area contributed by atoms with Gasteiger partial charge in [-0.3, -0.25) is 20.2 Å². The van der Waals surface area contributed by atoms with Gasteiger partial charge in [-0.1, -0.05) is 0 Å². The van der Waals surface area contributed by atoms with Gasteiger partial charge >= 0.3 is 12.1 Å². The fourth-order valence-corrected chi connectivity index (χ4v) is 1.61. The molecular formula is C14H18N2O6. The van der Waals surface area contributed by atoms with Gasteiger partial charge in [-0.25, -0.2) is 4.79 Å². The molecule has 0 radical (unpaired) electrons. The van der Waals surface area contributed by atoms with Gasteiger partial charge in [-0.2, -0.15) is 0 Å². The van der Waals surface area contributed by atoms with Crippen LogP contribution >= 0.6 is 0 Å². The Balaban J connectivity index is 2.95. The maximum Gasteiger partial charge on any atom is 0.412 e. The molecule has 8 heteroatoms. The molecule has 1 aromatic rings. The van der Waals surface area contributed by atoms with Crippen molar-refractivity contribution in [3.63, 3.8) is 0 Å². The Morgan fingerprint density at radius 1 is 1.32 bits per heavy atom. The van der Waals surface area contributed by atoms with E-state index in [9.17, 15) is 19.7 Å². The summed E-state index contributed by atoms with van der Waals surface area (Å²) in [5.41, 5.74) is -0.555. The van der Waals surface area contributed by atoms with Crippen LogP contribution in [0.4, 0.5) is 16.2 Å². The number of hydrogen-bond acceptors (Lipinski definition) is 6. The van der Waals surface area contributed by atoms with E-state index in [-0.39, 0.29) is 23.4 Å². The second-order valence-electron chi connectivity index (χ2n) is 5.48. The predicted molar refractivity (Wildman–Crippen MR) is 78.7 cm³/mol. The minimum absolute atomic E-state index is 0.201. The van der Waals surface area contributed by atoms with E-state index in [0.717, 1.165) is 0 Å². The summed E-state index contributed by atoms with van der Waals surface area (Å²) in [6.45, 7) is 5.11. The molecule has 0 spiro atoms. The number of anilines is 1. The van der Waals surface area contributed by atoms with Crippen LogP contribution in [0.25, 0.3) is 0 Å². The summed E-state index contributed by atoms with van der Waals surface area (Å²) in [4.78, 5) is 33.3. The Bertz CT molecular complexity index is 591. The van der Waals surface area contributed by atoms with Gasteiger partial charge in [0.1, 0.15) is 5.60 Å². The molecular weight excluding hydrogens is 292 g/mol. The van der Waals surface area contributed by atoms with Crippen LogP contribution in [0.3, 0.4) is 0 Å². The SMILES string of the molecule is COC(=O)Cc1ccc(NC(=O)OC(C)(C)C)cc1[N+](=O)[O-]. The van der Waals surface area contributed by atoms with Gasteiger partial charge in [0.25, 0.3) is 5.69 Å². The molecule has 0 aliphatic rings. The molecule has 0 aliphatic heterocycles. The Kier molecular flexibility index (Phi) is 5.44. The molecule has 1 rings (SSSR count). The van der Waals surface area contributed by atoms with Crippen LogP contribution in [0.15, 0.2) is 18.2 Å². The molecule has 0 bridgehead atoms. The number of benzene rings is 1. The van der Waals surface area contributed by atoms with Crippen molar-refractivity contribution >= 4 is 23.4 Å². The molecule has 0 fully saturated rings. The van der Waals surface area contributed by atoms with Crippen LogP contribution in [-0.4, -0.2) is 29.7 Å². The summed E-state index contributed by atoms with van der Waals surface area (Å²) < 4.78 is 9.55. The van der Waals surface area contributed by atoms with Gasteiger partial charge < -0.3 is 9.47 Å². The molecule has 22 heavy (non-hydrogen) atoms. The molecule has 0 atom stereocenters. The van der Waals surface area contributed by atoms with Crippen LogP contribution in [0.5, 0.6) is 0 Å². The average molecular weight is 310 g/mol. The number of nitro benzene ring substituents is 1. The maximum absolute atomic E-state index is 11.6. The highest BCUT2D eigenvalue weighted by Crippen LogP contribution is 2.24. The molecule has 0 heterocycles. The third kappa shape index (κ3) is 5.39. The zero-order valence-corrected chi connectivity index (χ0v) is 12.8. The second-order valence-corrected chi connectivity index (χ2v) is 5.48. The first-order chi connectivity index (χ1) is 10.1. The third-order valence-corrected chi connectivity index (χ3v) is 2.49. The zero-order valence-electron chi connectivity index (χ0n) is 12.8. The number of esters is 1. The summed E-state index contributed by atoms with van der Waals surface area (Å²) >= 11 is 0. The standard InChI is InChI=1S/C14H18N2O6/c1-14(2,3)22-13(18)15-10-6-5-9(7-12(17)21-4)11(8-10)16(19)20/h5-6,8H,7H2,1-4H3,(H,15,18). The third-order valence-electron chi connectivity index (χ3n) is 2.49. The van der Waals surface area contributed by atoms with Gasteiger partial charge in [0.05, 0.1) is 24.1 Å². The highest BCUT2D eigenvalue weighted by molar-refractivity contribution is 5.86. The summed E-state index contributed by atoms with van der Waals surface area (Å²) in [6.07, 6.45) is -0.943. The van der Waals surface area contributed by atoms with Gasteiger partial charge in [0.2, 0.25) is 0 Å².